The van der Waals surface area contributed by atoms with Crippen LogP contribution in [-0.4, -0.2) is 6.61 Å². The van der Waals surface area contributed by atoms with E-state index >= 15 is 0 Å². The second kappa shape index (κ2) is 8.09. The third kappa shape index (κ3) is 5.27. The maximum atomic E-state index is 6.05. The van der Waals surface area contributed by atoms with Crippen LogP contribution in [-0.2, 0) is 6.54 Å². The van der Waals surface area contributed by atoms with Crippen molar-refractivity contribution in [2.75, 3.05) is 11.9 Å². The van der Waals surface area contributed by atoms with Gasteiger partial charge in [0.25, 0.3) is 0 Å². The molecule has 0 fully saturated rings. The van der Waals surface area contributed by atoms with E-state index in [0.29, 0.717) is 5.92 Å². The van der Waals surface area contributed by atoms with E-state index in [1.165, 1.54) is 11.1 Å². The molecule has 22 heavy (non-hydrogen) atoms. The Labute approximate surface area is 138 Å². The number of aryl methyl sites for hydroxylation is 1. The highest BCUT2D eigenvalue weighted by molar-refractivity contribution is 6.30. The highest BCUT2D eigenvalue weighted by Gasteiger charge is 2.02. The first-order valence-electron chi connectivity index (χ1n) is 7.76. The van der Waals surface area contributed by atoms with E-state index in [-0.39, 0.29) is 0 Å². The maximum absolute atomic E-state index is 6.05. The molecule has 0 aliphatic carbocycles. The van der Waals surface area contributed by atoms with Crippen LogP contribution < -0.4 is 10.1 Å². The van der Waals surface area contributed by atoms with Gasteiger partial charge in [0.05, 0.1) is 6.61 Å². The highest BCUT2D eigenvalue weighted by atomic mass is 35.5. The van der Waals surface area contributed by atoms with Gasteiger partial charge in [-0.2, -0.15) is 0 Å². The second-order valence-corrected chi connectivity index (χ2v) is 6.43. The summed E-state index contributed by atoms with van der Waals surface area (Å²) >= 11 is 6.05. The zero-order chi connectivity index (χ0) is 15.9. The predicted molar refractivity (Wildman–Crippen MR) is 94.9 cm³/mol. The van der Waals surface area contributed by atoms with Gasteiger partial charge in [-0.3, -0.25) is 0 Å². The number of nitrogens with one attached hydrogen (secondary N) is 1. The number of anilines is 1. The first-order valence-corrected chi connectivity index (χ1v) is 8.14. The molecule has 2 aromatic rings. The molecule has 0 heterocycles. The lowest BCUT2D eigenvalue weighted by molar-refractivity contribution is 0.289. The first-order chi connectivity index (χ1) is 10.5. The van der Waals surface area contributed by atoms with Crippen molar-refractivity contribution in [1.29, 1.82) is 0 Å². The van der Waals surface area contributed by atoms with Gasteiger partial charge >= 0.3 is 0 Å². The number of hydrogen-bond acceptors (Lipinski definition) is 2. The Morgan fingerprint density at radius 2 is 1.95 bits per heavy atom. The van der Waals surface area contributed by atoms with E-state index in [1.54, 1.807) is 0 Å². The second-order valence-electron chi connectivity index (χ2n) is 5.99. The summed E-state index contributed by atoms with van der Waals surface area (Å²) < 4.78 is 5.80. The quantitative estimate of drug-likeness (QED) is 0.708. The van der Waals surface area contributed by atoms with Gasteiger partial charge in [0, 0.05) is 17.3 Å². The van der Waals surface area contributed by atoms with Gasteiger partial charge in [-0.15, -0.1) is 0 Å². The third-order valence-corrected chi connectivity index (χ3v) is 3.78. The molecule has 0 aliphatic rings. The van der Waals surface area contributed by atoms with Crippen molar-refractivity contribution in [2.45, 2.75) is 33.7 Å². The van der Waals surface area contributed by atoms with E-state index in [0.717, 1.165) is 36.0 Å². The summed E-state index contributed by atoms with van der Waals surface area (Å²) in [5.41, 5.74) is 3.45. The number of hydrogen-bond donors (Lipinski definition) is 1. The van der Waals surface area contributed by atoms with Crippen LogP contribution in [0, 0.1) is 12.8 Å². The summed E-state index contributed by atoms with van der Waals surface area (Å²) in [6, 6.07) is 14.1. The van der Waals surface area contributed by atoms with Gasteiger partial charge in [-0.1, -0.05) is 43.6 Å². The van der Waals surface area contributed by atoms with Crippen LogP contribution in [0.5, 0.6) is 5.75 Å². The molecule has 0 atom stereocenters. The fraction of sp³-hybridized carbons (Fsp3) is 0.368. The zero-order valence-corrected chi connectivity index (χ0v) is 14.3. The van der Waals surface area contributed by atoms with Crippen LogP contribution in [0.15, 0.2) is 42.5 Å². The summed E-state index contributed by atoms with van der Waals surface area (Å²) in [5.74, 6) is 1.60. The molecule has 0 unspecified atom stereocenters. The molecule has 0 radical (unpaired) electrons. The molecular formula is C19H24ClNO. The summed E-state index contributed by atoms with van der Waals surface area (Å²) in [6.45, 7) is 8.00. The standard InChI is InChI=1S/C19H24ClNO/c1-14(2)9-10-22-18-6-4-5-16(11-18)13-21-19-12-17(20)8-7-15(19)3/h4-8,11-12,14,21H,9-10,13H2,1-3H3. The minimum Gasteiger partial charge on any atom is -0.494 e. The van der Waals surface area contributed by atoms with Crippen molar-refractivity contribution in [3.05, 3.63) is 58.6 Å². The van der Waals surface area contributed by atoms with E-state index in [2.05, 4.69) is 38.2 Å². The zero-order valence-electron chi connectivity index (χ0n) is 13.5. The van der Waals surface area contributed by atoms with Crippen LogP contribution in [0.1, 0.15) is 31.4 Å². The van der Waals surface area contributed by atoms with Crippen LogP contribution in [0.2, 0.25) is 5.02 Å². The summed E-state index contributed by atoms with van der Waals surface area (Å²) in [6.07, 6.45) is 1.07. The first kappa shape index (κ1) is 16.7. The number of rotatable bonds is 7. The van der Waals surface area contributed by atoms with Gasteiger partial charge in [-0.05, 0) is 54.7 Å². The van der Waals surface area contributed by atoms with E-state index < -0.39 is 0 Å². The lowest BCUT2D eigenvalue weighted by Crippen LogP contribution is -2.03. The van der Waals surface area contributed by atoms with Crippen molar-refractivity contribution in [3.63, 3.8) is 0 Å². The lowest BCUT2D eigenvalue weighted by atomic mass is 10.1. The Kier molecular flexibility index (Phi) is 6.14. The Morgan fingerprint density at radius 3 is 2.73 bits per heavy atom. The fourth-order valence-electron chi connectivity index (χ4n) is 2.14. The molecule has 0 saturated carbocycles. The van der Waals surface area contributed by atoms with Crippen molar-refractivity contribution in [3.8, 4) is 5.75 Å². The lowest BCUT2D eigenvalue weighted by Gasteiger charge is -2.12. The highest BCUT2D eigenvalue weighted by Crippen LogP contribution is 2.21. The Bertz CT molecular complexity index is 610. The molecule has 118 valence electrons. The largest absolute Gasteiger partial charge is 0.494 e. The molecule has 3 heteroatoms. The fourth-order valence-corrected chi connectivity index (χ4v) is 2.31. The summed E-state index contributed by atoms with van der Waals surface area (Å²) in [4.78, 5) is 0. The molecule has 0 aromatic heterocycles. The molecule has 2 nitrogen and oxygen atoms in total. The summed E-state index contributed by atoms with van der Waals surface area (Å²) in [5, 5.41) is 4.18. The molecule has 0 aliphatic heterocycles. The van der Waals surface area contributed by atoms with Crippen LogP contribution in [0.3, 0.4) is 0 Å². The Hall–Kier alpha value is -1.67. The van der Waals surface area contributed by atoms with Crippen molar-refractivity contribution in [2.24, 2.45) is 5.92 Å². The van der Waals surface area contributed by atoms with Crippen LogP contribution >= 0.6 is 11.6 Å². The number of benzene rings is 2. The maximum Gasteiger partial charge on any atom is 0.119 e. The summed E-state index contributed by atoms with van der Waals surface area (Å²) in [7, 11) is 0. The minimum absolute atomic E-state index is 0.663. The Balaban J connectivity index is 1.94. The number of halogens is 1. The van der Waals surface area contributed by atoms with Crippen molar-refractivity contribution in [1.82, 2.24) is 0 Å². The molecule has 1 N–H and O–H groups in total. The molecule has 2 aromatic carbocycles. The predicted octanol–water partition coefficient (Wildman–Crippen LogP) is 5.69. The van der Waals surface area contributed by atoms with Gasteiger partial charge in [-0.25, -0.2) is 0 Å². The Morgan fingerprint density at radius 1 is 1.14 bits per heavy atom. The SMILES string of the molecule is Cc1ccc(Cl)cc1NCc1cccc(OCCC(C)C)c1. The van der Waals surface area contributed by atoms with Gasteiger partial charge < -0.3 is 10.1 Å². The molecule has 2 rings (SSSR count). The van der Waals surface area contributed by atoms with E-state index in [9.17, 15) is 0 Å². The molecule has 0 amide bonds. The molecule has 0 bridgehead atoms. The topological polar surface area (TPSA) is 21.3 Å². The third-order valence-electron chi connectivity index (χ3n) is 3.54. The van der Waals surface area contributed by atoms with Crippen molar-refractivity contribution < 1.29 is 4.74 Å². The van der Waals surface area contributed by atoms with Gasteiger partial charge in [0.15, 0.2) is 0 Å². The van der Waals surface area contributed by atoms with Gasteiger partial charge in [0.1, 0.15) is 5.75 Å². The van der Waals surface area contributed by atoms with Crippen molar-refractivity contribution >= 4 is 17.3 Å². The van der Waals surface area contributed by atoms with Gasteiger partial charge in [0.2, 0.25) is 0 Å². The number of ether oxygens (including phenoxy) is 1. The molecule has 0 saturated heterocycles. The smallest absolute Gasteiger partial charge is 0.119 e. The minimum atomic E-state index is 0.663. The van der Waals surface area contributed by atoms with Crippen LogP contribution in [0.25, 0.3) is 0 Å². The monoisotopic (exact) mass is 317 g/mol. The molecule has 0 spiro atoms. The van der Waals surface area contributed by atoms with E-state index in [4.69, 9.17) is 16.3 Å². The van der Waals surface area contributed by atoms with E-state index in [1.807, 2.05) is 30.3 Å². The van der Waals surface area contributed by atoms with Crippen LogP contribution in [0.4, 0.5) is 5.69 Å². The molecular weight excluding hydrogens is 294 g/mol. The normalized spacial score (nSPS) is 10.8. The average molecular weight is 318 g/mol. The average Bonchev–Trinajstić information content (AvgIpc) is 2.48.